The van der Waals surface area contributed by atoms with Crippen molar-refractivity contribution in [1.29, 1.82) is 5.26 Å². The SMILES string of the molecule is CCc1cc(C(=O)N2CCOC(C#N)C2)cc(Cl)n1. The molecule has 0 aromatic carbocycles. The summed E-state index contributed by atoms with van der Waals surface area (Å²) in [7, 11) is 0. The van der Waals surface area contributed by atoms with Crippen LogP contribution in [-0.4, -0.2) is 41.6 Å². The topological polar surface area (TPSA) is 66.2 Å². The number of carbonyl (C=O) groups excluding carboxylic acids is 1. The monoisotopic (exact) mass is 279 g/mol. The first kappa shape index (κ1) is 13.8. The van der Waals surface area contributed by atoms with Gasteiger partial charge in [0.05, 0.1) is 19.2 Å². The lowest BCUT2D eigenvalue weighted by molar-refractivity contribution is 0.00346. The van der Waals surface area contributed by atoms with Crippen molar-refractivity contribution in [3.63, 3.8) is 0 Å². The Morgan fingerprint density at radius 1 is 1.68 bits per heavy atom. The van der Waals surface area contributed by atoms with Gasteiger partial charge in [0.2, 0.25) is 0 Å². The van der Waals surface area contributed by atoms with E-state index < -0.39 is 6.10 Å². The molecule has 5 nitrogen and oxygen atoms in total. The normalized spacial score (nSPS) is 19.0. The van der Waals surface area contributed by atoms with E-state index in [1.54, 1.807) is 17.0 Å². The number of hydrogen-bond donors (Lipinski definition) is 0. The zero-order valence-corrected chi connectivity index (χ0v) is 11.4. The third-order valence-electron chi connectivity index (χ3n) is 2.95. The van der Waals surface area contributed by atoms with E-state index in [2.05, 4.69) is 4.98 Å². The summed E-state index contributed by atoms with van der Waals surface area (Å²) < 4.78 is 5.22. The molecule has 1 aromatic heterocycles. The molecule has 1 amide bonds. The van der Waals surface area contributed by atoms with E-state index in [1.807, 2.05) is 13.0 Å². The van der Waals surface area contributed by atoms with Crippen LogP contribution in [0.2, 0.25) is 5.15 Å². The van der Waals surface area contributed by atoms with Gasteiger partial charge in [-0.1, -0.05) is 18.5 Å². The Bertz CT molecular complexity index is 527. The maximum atomic E-state index is 12.4. The van der Waals surface area contributed by atoms with Crippen LogP contribution >= 0.6 is 11.6 Å². The van der Waals surface area contributed by atoms with Crippen molar-refractivity contribution in [2.24, 2.45) is 0 Å². The van der Waals surface area contributed by atoms with Gasteiger partial charge in [-0.2, -0.15) is 5.26 Å². The molecule has 100 valence electrons. The van der Waals surface area contributed by atoms with Crippen molar-refractivity contribution in [2.75, 3.05) is 19.7 Å². The van der Waals surface area contributed by atoms with Gasteiger partial charge < -0.3 is 9.64 Å². The minimum absolute atomic E-state index is 0.137. The van der Waals surface area contributed by atoms with Gasteiger partial charge in [-0.15, -0.1) is 0 Å². The summed E-state index contributed by atoms with van der Waals surface area (Å²) in [5, 5.41) is 9.16. The van der Waals surface area contributed by atoms with Crippen LogP contribution in [0.1, 0.15) is 23.0 Å². The van der Waals surface area contributed by atoms with E-state index in [0.29, 0.717) is 30.3 Å². The van der Waals surface area contributed by atoms with Crippen molar-refractivity contribution in [3.05, 3.63) is 28.5 Å². The Balaban J connectivity index is 2.19. The number of halogens is 1. The van der Waals surface area contributed by atoms with Gasteiger partial charge in [0, 0.05) is 17.8 Å². The Morgan fingerprint density at radius 3 is 3.16 bits per heavy atom. The molecule has 1 aliphatic rings. The lowest BCUT2D eigenvalue weighted by atomic mass is 10.1. The van der Waals surface area contributed by atoms with E-state index in [9.17, 15) is 4.79 Å². The average Bonchev–Trinajstić information content (AvgIpc) is 2.45. The third kappa shape index (κ3) is 3.22. The van der Waals surface area contributed by atoms with E-state index in [4.69, 9.17) is 21.6 Å². The first-order chi connectivity index (χ1) is 9.13. The number of aromatic nitrogens is 1. The molecule has 19 heavy (non-hydrogen) atoms. The summed E-state index contributed by atoms with van der Waals surface area (Å²) in [6, 6.07) is 5.32. The van der Waals surface area contributed by atoms with Crippen molar-refractivity contribution in [2.45, 2.75) is 19.4 Å². The average molecular weight is 280 g/mol. The fraction of sp³-hybridized carbons (Fsp3) is 0.462. The van der Waals surface area contributed by atoms with E-state index in [0.717, 1.165) is 5.69 Å². The first-order valence-electron chi connectivity index (χ1n) is 6.11. The van der Waals surface area contributed by atoms with Crippen molar-refractivity contribution < 1.29 is 9.53 Å². The predicted molar refractivity (Wildman–Crippen MR) is 69.9 cm³/mol. The molecule has 0 saturated carbocycles. The van der Waals surface area contributed by atoms with Crippen LogP contribution in [0.3, 0.4) is 0 Å². The van der Waals surface area contributed by atoms with Crippen LogP contribution in [-0.2, 0) is 11.2 Å². The summed E-state index contributed by atoms with van der Waals surface area (Å²) in [6.07, 6.45) is 0.158. The standard InChI is InChI=1S/C13H14ClN3O2/c1-2-10-5-9(6-12(14)16-10)13(18)17-3-4-19-11(7-15)8-17/h5-6,11H,2-4,8H2,1H3. The highest BCUT2D eigenvalue weighted by Gasteiger charge is 2.25. The van der Waals surface area contributed by atoms with Gasteiger partial charge in [-0.25, -0.2) is 4.98 Å². The molecule has 0 aliphatic carbocycles. The second kappa shape index (κ2) is 6.00. The minimum atomic E-state index is -0.555. The summed E-state index contributed by atoms with van der Waals surface area (Å²) >= 11 is 5.91. The summed E-state index contributed by atoms with van der Waals surface area (Å²) in [6.45, 7) is 3.10. The maximum absolute atomic E-state index is 12.4. The highest BCUT2D eigenvalue weighted by molar-refractivity contribution is 6.29. The Labute approximate surface area is 116 Å². The number of hydrogen-bond acceptors (Lipinski definition) is 4. The molecule has 1 aromatic rings. The van der Waals surface area contributed by atoms with Crippen molar-refractivity contribution in [1.82, 2.24) is 9.88 Å². The zero-order chi connectivity index (χ0) is 13.8. The molecule has 1 aliphatic heterocycles. The smallest absolute Gasteiger partial charge is 0.254 e. The molecule has 6 heteroatoms. The fourth-order valence-electron chi connectivity index (χ4n) is 1.95. The number of carbonyl (C=O) groups is 1. The largest absolute Gasteiger partial charge is 0.360 e. The molecule has 2 rings (SSSR count). The number of nitriles is 1. The molecule has 0 bridgehead atoms. The number of aryl methyl sites for hydroxylation is 1. The predicted octanol–water partition coefficient (Wildman–Crippen LogP) is 1.66. The second-order valence-corrected chi connectivity index (χ2v) is 4.65. The van der Waals surface area contributed by atoms with Gasteiger partial charge in [-0.05, 0) is 18.6 Å². The van der Waals surface area contributed by atoms with Crippen LogP contribution < -0.4 is 0 Å². The highest BCUT2D eigenvalue weighted by Crippen LogP contribution is 2.15. The van der Waals surface area contributed by atoms with Crippen molar-refractivity contribution >= 4 is 17.5 Å². The van der Waals surface area contributed by atoms with Crippen molar-refractivity contribution in [3.8, 4) is 6.07 Å². The van der Waals surface area contributed by atoms with E-state index in [-0.39, 0.29) is 12.5 Å². The number of ether oxygens (including phenoxy) is 1. The van der Waals surface area contributed by atoms with Gasteiger partial charge in [-0.3, -0.25) is 4.79 Å². The third-order valence-corrected chi connectivity index (χ3v) is 3.15. The quantitative estimate of drug-likeness (QED) is 0.772. The molecule has 0 spiro atoms. The van der Waals surface area contributed by atoms with Gasteiger partial charge in [0.25, 0.3) is 5.91 Å². The van der Waals surface area contributed by atoms with Crippen LogP contribution in [0.4, 0.5) is 0 Å². The van der Waals surface area contributed by atoms with Crippen LogP contribution in [0.5, 0.6) is 0 Å². The molecular weight excluding hydrogens is 266 g/mol. The first-order valence-corrected chi connectivity index (χ1v) is 6.48. The fourth-order valence-corrected chi connectivity index (χ4v) is 2.18. The number of pyridine rings is 1. The molecule has 1 unspecified atom stereocenters. The lowest BCUT2D eigenvalue weighted by Crippen LogP contribution is -2.45. The summed E-state index contributed by atoms with van der Waals surface area (Å²) in [5.41, 5.74) is 1.29. The Hall–Kier alpha value is -1.64. The molecule has 0 N–H and O–H groups in total. The number of morpholine rings is 1. The van der Waals surface area contributed by atoms with Crippen LogP contribution in [0.15, 0.2) is 12.1 Å². The molecular formula is C13H14ClN3O2. The zero-order valence-electron chi connectivity index (χ0n) is 10.6. The summed E-state index contributed by atoms with van der Waals surface area (Å²) in [4.78, 5) is 18.1. The molecule has 1 fully saturated rings. The molecule has 0 radical (unpaired) electrons. The van der Waals surface area contributed by atoms with Gasteiger partial charge in [0.15, 0.2) is 6.10 Å². The molecule has 1 saturated heterocycles. The second-order valence-electron chi connectivity index (χ2n) is 4.26. The number of amides is 1. The Kier molecular flexibility index (Phi) is 4.35. The lowest BCUT2D eigenvalue weighted by Gasteiger charge is -2.29. The van der Waals surface area contributed by atoms with Gasteiger partial charge >= 0.3 is 0 Å². The number of rotatable bonds is 2. The van der Waals surface area contributed by atoms with E-state index in [1.165, 1.54) is 0 Å². The maximum Gasteiger partial charge on any atom is 0.254 e. The van der Waals surface area contributed by atoms with Crippen LogP contribution in [0.25, 0.3) is 0 Å². The van der Waals surface area contributed by atoms with Crippen LogP contribution in [0, 0.1) is 11.3 Å². The molecule has 1 atom stereocenters. The highest BCUT2D eigenvalue weighted by atomic mass is 35.5. The molecule has 2 heterocycles. The van der Waals surface area contributed by atoms with Gasteiger partial charge in [0.1, 0.15) is 5.15 Å². The minimum Gasteiger partial charge on any atom is -0.360 e. The van der Waals surface area contributed by atoms with E-state index >= 15 is 0 Å². The summed E-state index contributed by atoms with van der Waals surface area (Å²) in [5.74, 6) is -0.137. The Morgan fingerprint density at radius 2 is 2.47 bits per heavy atom. The number of nitrogens with zero attached hydrogens (tertiary/aromatic N) is 3.